The number of carbonyl (C=O) groups is 1. The van der Waals surface area contributed by atoms with Gasteiger partial charge in [0, 0.05) is 0 Å². The van der Waals surface area contributed by atoms with E-state index in [9.17, 15) is 18.0 Å². The van der Waals surface area contributed by atoms with Gasteiger partial charge in [0.05, 0.1) is 17.8 Å². The standard InChI is InChI=1S/C12H8F3N5O/c13-12(14,15)8-3-1-7(2-4-8)9(5-16)18-11(21)10-6-17-20-19-10/h1-4,6,9H,(H,18,21)(H,17,19,20). The number of amides is 1. The summed E-state index contributed by atoms with van der Waals surface area (Å²) >= 11 is 0. The Balaban J connectivity index is 2.15. The summed E-state index contributed by atoms with van der Waals surface area (Å²) in [6.45, 7) is 0. The van der Waals surface area contributed by atoms with Crippen LogP contribution in [0.1, 0.15) is 27.7 Å². The van der Waals surface area contributed by atoms with Gasteiger partial charge in [0.1, 0.15) is 6.04 Å². The van der Waals surface area contributed by atoms with E-state index in [0.717, 1.165) is 30.5 Å². The summed E-state index contributed by atoms with van der Waals surface area (Å²) in [7, 11) is 0. The fraction of sp³-hybridized carbons (Fsp3) is 0.167. The monoisotopic (exact) mass is 295 g/mol. The molecule has 0 fully saturated rings. The van der Waals surface area contributed by atoms with Gasteiger partial charge in [-0.1, -0.05) is 12.1 Å². The number of hydrogen-bond acceptors (Lipinski definition) is 4. The summed E-state index contributed by atoms with van der Waals surface area (Å²) in [6.07, 6.45) is -3.29. The molecule has 0 aliphatic carbocycles. The molecule has 2 aromatic rings. The van der Waals surface area contributed by atoms with Crippen LogP contribution in [0.3, 0.4) is 0 Å². The number of aromatic amines is 1. The number of benzene rings is 1. The van der Waals surface area contributed by atoms with E-state index < -0.39 is 23.7 Å². The topological polar surface area (TPSA) is 94.5 Å². The molecule has 0 aliphatic rings. The SMILES string of the molecule is N#CC(NC(=O)c1cn[nH]n1)c1ccc(C(F)(F)F)cc1. The quantitative estimate of drug-likeness (QED) is 0.903. The number of halogens is 3. The smallest absolute Gasteiger partial charge is 0.331 e. The van der Waals surface area contributed by atoms with E-state index in [0.29, 0.717) is 0 Å². The number of rotatable bonds is 3. The molecule has 1 aromatic heterocycles. The van der Waals surface area contributed by atoms with Crippen LogP contribution in [0, 0.1) is 11.3 Å². The Bertz CT molecular complexity index is 658. The first-order valence-corrected chi connectivity index (χ1v) is 5.65. The van der Waals surface area contributed by atoms with Crippen LogP contribution in [0.15, 0.2) is 30.5 Å². The lowest BCUT2D eigenvalue weighted by Crippen LogP contribution is -2.28. The fourth-order valence-electron chi connectivity index (χ4n) is 1.57. The molecule has 0 aliphatic heterocycles. The van der Waals surface area contributed by atoms with Crippen molar-refractivity contribution >= 4 is 5.91 Å². The van der Waals surface area contributed by atoms with E-state index in [1.54, 1.807) is 6.07 Å². The number of nitriles is 1. The van der Waals surface area contributed by atoms with Gasteiger partial charge in [-0.2, -0.15) is 33.8 Å². The molecule has 0 spiro atoms. The highest BCUT2D eigenvalue weighted by Crippen LogP contribution is 2.29. The van der Waals surface area contributed by atoms with Crippen LogP contribution in [0.4, 0.5) is 13.2 Å². The molecular weight excluding hydrogens is 287 g/mol. The van der Waals surface area contributed by atoms with Crippen LogP contribution in [0.2, 0.25) is 0 Å². The average molecular weight is 295 g/mol. The van der Waals surface area contributed by atoms with Crippen LogP contribution < -0.4 is 5.32 Å². The Morgan fingerprint density at radius 2 is 2.00 bits per heavy atom. The minimum atomic E-state index is -4.45. The fourth-order valence-corrected chi connectivity index (χ4v) is 1.57. The van der Waals surface area contributed by atoms with Crippen molar-refractivity contribution in [3.05, 3.63) is 47.3 Å². The van der Waals surface area contributed by atoms with Crippen molar-refractivity contribution in [2.45, 2.75) is 12.2 Å². The van der Waals surface area contributed by atoms with Crippen LogP contribution in [-0.4, -0.2) is 21.3 Å². The van der Waals surface area contributed by atoms with E-state index in [1.807, 2.05) is 0 Å². The predicted octanol–water partition coefficient (Wildman–Crippen LogP) is 1.82. The molecule has 1 atom stereocenters. The van der Waals surface area contributed by atoms with Gasteiger partial charge >= 0.3 is 6.18 Å². The van der Waals surface area contributed by atoms with Crippen molar-refractivity contribution < 1.29 is 18.0 Å². The Hall–Kier alpha value is -2.89. The van der Waals surface area contributed by atoms with Crippen molar-refractivity contribution in [3.8, 4) is 6.07 Å². The molecule has 108 valence electrons. The van der Waals surface area contributed by atoms with Crippen LogP contribution >= 0.6 is 0 Å². The zero-order valence-electron chi connectivity index (χ0n) is 10.3. The molecule has 6 nitrogen and oxygen atoms in total. The highest BCUT2D eigenvalue weighted by Gasteiger charge is 2.30. The molecule has 1 heterocycles. The minimum absolute atomic E-state index is 0.0258. The second-order valence-corrected chi connectivity index (χ2v) is 4.01. The Morgan fingerprint density at radius 3 is 2.48 bits per heavy atom. The molecular formula is C12H8F3N5O. The Kier molecular flexibility index (Phi) is 3.89. The number of nitrogens with one attached hydrogen (secondary N) is 2. The van der Waals surface area contributed by atoms with E-state index in [-0.39, 0.29) is 11.3 Å². The lowest BCUT2D eigenvalue weighted by atomic mass is 10.1. The molecule has 21 heavy (non-hydrogen) atoms. The number of alkyl halides is 3. The van der Waals surface area contributed by atoms with Gasteiger partial charge in [-0.25, -0.2) is 0 Å². The third-order valence-corrected chi connectivity index (χ3v) is 2.62. The second kappa shape index (κ2) is 5.62. The molecule has 0 bridgehead atoms. The van der Waals surface area contributed by atoms with Crippen LogP contribution in [0.25, 0.3) is 0 Å². The Morgan fingerprint density at radius 1 is 1.33 bits per heavy atom. The summed E-state index contributed by atoms with van der Waals surface area (Å²) in [5.41, 5.74) is -0.615. The zero-order chi connectivity index (χ0) is 15.5. The van der Waals surface area contributed by atoms with E-state index in [1.165, 1.54) is 0 Å². The van der Waals surface area contributed by atoms with Gasteiger partial charge in [-0.3, -0.25) is 4.79 Å². The van der Waals surface area contributed by atoms with Crippen molar-refractivity contribution in [3.63, 3.8) is 0 Å². The number of H-pyrrole nitrogens is 1. The van der Waals surface area contributed by atoms with E-state index in [4.69, 9.17) is 5.26 Å². The second-order valence-electron chi connectivity index (χ2n) is 4.01. The zero-order valence-corrected chi connectivity index (χ0v) is 10.3. The normalized spacial score (nSPS) is 12.5. The van der Waals surface area contributed by atoms with Crippen molar-refractivity contribution in [1.29, 1.82) is 5.26 Å². The van der Waals surface area contributed by atoms with Gasteiger partial charge in [-0.15, -0.1) is 0 Å². The molecule has 0 radical (unpaired) electrons. The summed E-state index contributed by atoms with van der Waals surface area (Å²) < 4.78 is 37.3. The van der Waals surface area contributed by atoms with Gasteiger partial charge in [0.15, 0.2) is 5.69 Å². The maximum atomic E-state index is 12.4. The molecule has 2 N–H and O–H groups in total. The number of carbonyl (C=O) groups excluding carboxylic acids is 1. The van der Waals surface area contributed by atoms with Gasteiger partial charge in [0.25, 0.3) is 5.91 Å². The molecule has 0 saturated carbocycles. The molecule has 2 rings (SSSR count). The van der Waals surface area contributed by atoms with Gasteiger partial charge in [0.2, 0.25) is 0 Å². The molecule has 1 aromatic carbocycles. The van der Waals surface area contributed by atoms with E-state index >= 15 is 0 Å². The van der Waals surface area contributed by atoms with E-state index in [2.05, 4.69) is 20.7 Å². The summed E-state index contributed by atoms with van der Waals surface area (Å²) in [4.78, 5) is 11.7. The molecule has 1 amide bonds. The maximum absolute atomic E-state index is 12.4. The predicted molar refractivity (Wildman–Crippen MR) is 63.6 cm³/mol. The third-order valence-electron chi connectivity index (χ3n) is 2.62. The van der Waals surface area contributed by atoms with Crippen molar-refractivity contribution in [2.24, 2.45) is 0 Å². The maximum Gasteiger partial charge on any atom is 0.416 e. The Labute approximate surface area is 116 Å². The molecule has 0 saturated heterocycles. The summed E-state index contributed by atoms with van der Waals surface area (Å²) in [6, 6.07) is 4.69. The third kappa shape index (κ3) is 3.36. The number of nitrogens with zero attached hydrogens (tertiary/aromatic N) is 3. The summed E-state index contributed by atoms with van der Waals surface area (Å²) in [5, 5.41) is 20.6. The largest absolute Gasteiger partial charge is 0.416 e. The first-order chi connectivity index (χ1) is 9.91. The first-order valence-electron chi connectivity index (χ1n) is 5.65. The summed E-state index contributed by atoms with van der Waals surface area (Å²) in [5.74, 6) is -0.657. The van der Waals surface area contributed by atoms with Crippen LogP contribution in [0.5, 0.6) is 0 Å². The highest BCUT2D eigenvalue weighted by molar-refractivity contribution is 5.92. The first kappa shape index (κ1) is 14.5. The van der Waals surface area contributed by atoms with Crippen molar-refractivity contribution in [2.75, 3.05) is 0 Å². The lowest BCUT2D eigenvalue weighted by Gasteiger charge is -2.12. The highest BCUT2D eigenvalue weighted by atomic mass is 19.4. The minimum Gasteiger partial charge on any atom is -0.331 e. The number of hydrogen-bond donors (Lipinski definition) is 2. The number of aromatic nitrogens is 3. The van der Waals surface area contributed by atoms with Gasteiger partial charge < -0.3 is 5.32 Å². The van der Waals surface area contributed by atoms with Gasteiger partial charge in [-0.05, 0) is 17.7 Å². The van der Waals surface area contributed by atoms with Crippen LogP contribution in [-0.2, 0) is 6.18 Å². The van der Waals surface area contributed by atoms with Crippen molar-refractivity contribution in [1.82, 2.24) is 20.7 Å². The molecule has 9 heteroatoms. The molecule has 1 unspecified atom stereocenters. The lowest BCUT2D eigenvalue weighted by molar-refractivity contribution is -0.137. The average Bonchev–Trinajstić information content (AvgIpc) is 2.98.